The Kier molecular flexibility index (Phi) is 4.66. The van der Waals surface area contributed by atoms with Crippen molar-refractivity contribution in [1.29, 1.82) is 0 Å². The van der Waals surface area contributed by atoms with Crippen molar-refractivity contribution in [3.8, 4) is 5.75 Å². The second-order valence-electron chi connectivity index (χ2n) is 3.66. The SMILES string of the molecule is CC(=O)c1ccc(OCCC(N)C(=O)O)cc1. The fraction of sp³-hybridized carbons (Fsp3) is 0.333. The van der Waals surface area contributed by atoms with Gasteiger partial charge in [-0.15, -0.1) is 0 Å². The molecule has 0 aliphatic carbocycles. The number of Topliss-reactive ketones (excluding diaryl/α,β-unsaturated/α-hetero) is 1. The highest BCUT2D eigenvalue weighted by Crippen LogP contribution is 2.12. The van der Waals surface area contributed by atoms with Crippen molar-refractivity contribution in [2.45, 2.75) is 19.4 Å². The average Bonchev–Trinajstić information content (AvgIpc) is 2.29. The minimum absolute atomic E-state index is 0.00977. The van der Waals surface area contributed by atoms with Crippen molar-refractivity contribution in [2.24, 2.45) is 5.73 Å². The van der Waals surface area contributed by atoms with Crippen LogP contribution in [-0.4, -0.2) is 29.5 Å². The van der Waals surface area contributed by atoms with Gasteiger partial charge in [0, 0.05) is 12.0 Å². The molecule has 0 saturated heterocycles. The molecular formula is C12H15NO4. The van der Waals surface area contributed by atoms with Gasteiger partial charge in [0.05, 0.1) is 6.61 Å². The lowest BCUT2D eigenvalue weighted by molar-refractivity contribution is -0.138. The Bertz CT molecular complexity index is 399. The van der Waals surface area contributed by atoms with Crippen LogP contribution in [0.1, 0.15) is 23.7 Å². The quantitative estimate of drug-likeness (QED) is 0.722. The van der Waals surface area contributed by atoms with Crippen LogP contribution in [0.4, 0.5) is 0 Å². The Balaban J connectivity index is 2.42. The largest absolute Gasteiger partial charge is 0.494 e. The molecule has 0 aromatic heterocycles. The Morgan fingerprint density at radius 3 is 2.41 bits per heavy atom. The van der Waals surface area contributed by atoms with E-state index < -0.39 is 12.0 Å². The Morgan fingerprint density at radius 1 is 1.35 bits per heavy atom. The monoisotopic (exact) mass is 237 g/mol. The van der Waals surface area contributed by atoms with E-state index in [1.165, 1.54) is 6.92 Å². The number of rotatable bonds is 6. The van der Waals surface area contributed by atoms with E-state index in [-0.39, 0.29) is 18.8 Å². The van der Waals surface area contributed by atoms with Crippen molar-refractivity contribution < 1.29 is 19.4 Å². The number of aliphatic carboxylic acids is 1. The van der Waals surface area contributed by atoms with E-state index in [1.807, 2.05) is 0 Å². The summed E-state index contributed by atoms with van der Waals surface area (Å²) in [6, 6.07) is 5.75. The van der Waals surface area contributed by atoms with Gasteiger partial charge >= 0.3 is 5.97 Å². The number of carboxylic acids is 1. The molecule has 1 unspecified atom stereocenters. The topological polar surface area (TPSA) is 89.6 Å². The van der Waals surface area contributed by atoms with Crippen molar-refractivity contribution in [1.82, 2.24) is 0 Å². The Morgan fingerprint density at radius 2 is 1.94 bits per heavy atom. The van der Waals surface area contributed by atoms with Crippen LogP contribution in [0.2, 0.25) is 0 Å². The van der Waals surface area contributed by atoms with Gasteiger partial charge in [0.1, 0.15) is 11.8 Å². The first-order chi connectivity index (χ1) is 8.00. The standard InChI is InChI=1S/C12H15NO4/c1-8(14)9-2-4-10(5-3-9)17-7-6-11(13)12(15)16/h2-5,11H,6-7,13H2,1H3,(H,15,16). The van der Waals surface area contributed by atoms with E-state index in [4.69, 9.17) is 15.6 Å². The highest BCUT2D eigenvalue weighted by molar-refractivity contribution is 5.94. The van der Waals surface area contributed by atoms with Crippen LogP contribution in [-0.2, 0) is 4.79 Å². The number of hydrogen-bond acceptors (Lipinski definition) is 4. The molecule has 0 heterocycles. The number of ether oxygens (including phenoxy) is 1. The fourth-order valence-corrected chi connectivity index (χ4v) is 1.21. The van der Waals surface area contributed by atoms with E-state index in [2.05, 4.69) is 0 Å². The van der Waals surface area contributed by atoms with Crippen molar-refractivity contribution >= 4 is 11.8 Å². The molecule has 17 heavy (non-hydrogen) atoms. The minimum atomic E-state index is -1.04. The van der Waals surface area contributed by atoms with Gasteiger partial charge in [-0.25, -0.2) is 0 Å². The third-order valence-corrected chi connectivity index (χ3v) is 2.28. The second kappa shape index (κ2) is 6.00. The summed E-state index contributed by atoms with van der Waals surface area (Å²) in [5.41, 5.74) is 5.93. The van der Waals surface area contributed by atoms with E-state index in [0.29, 0.717) is 11.3 Å². The van der Waals surface area contributed by atoms with E-state index >= 15 is 0 Å². The third-order valence-electron chi connectivity index (χ3n) is 2.28. The smallest absolute Gasteiger partial charge is 0.320 e. The number of benzene rings is 1. The van der Waals surface area contributed by atoms with E-state index in [0.717, 1.165) is 0 Å². The molecule has 0 spiro atoms. The molecule has 5 heteroatoms. The van der Waals surface area contributed by atoms with Gasteiger partial charge < -0.3 is 15.6 Å². The summed E-state index contributed by atoms with van der Waals surface area (Å²) in [5.74, 6) is -0.461. The molecule has 0 radical (unpaired) electrons. The number of carbonyl (C=O) groups is 2. The lowest BCUT2D eigenvalue weighted by atomic mass is 10.1. The number of hydrogen-bond donors (Lipinski definition) is 2. The number of nitrogens with two attached hydrogens (primary N) is 1. The molecule has 1 aromatic carbocycles. The van der Waals surface area contributed by atoms with E-state index in [9.17, 15) is 9.59 Å². The zero-order valence-electron chi connectivity index (χ0n) is 9.55. The van der Waals surface area contributed by atoms with Gasteiger partial charge in [0.15, 0.2) is 5.78 Å². The number of ketones is 1. The molecule has 0 aliphatic heterocycles. The van der Waals surface area contributed by atoms with Crippen molar-refractivity contribution in [2.75, 3.05) is 6.61 Å². The van der Waals surface area contributed by atoms with Gasteiger partial charge in [0.25, 0.3) is 0 Å². The van der Waals surface area contributed by atoms with Gasteiger partial charge in [-0.2, -0.15) is 0 Å². The maximum atomic E-state index is 11.0. The van der Waals surface area contributed by atoms with Gasteiger partial charge in [-0.05, 0) is 31.2 Å². The summed E-state index contributed by atoms with van der Waals surface area (Å²) in [5, 5.41) is 8.56. The maximum absolute atomic E-state index is 11.0. The number of carbonyl (C=O) groups excluding carboxylic acids is 1. The first-order valence-electron chi connectivity index (χ1n) is 5.23. The van der Waals surface area contributed by atoms with Crippen LogP contribution in [0.5, 0.6) is 5.75 Å². The average molecular weight is 237 g/mol. The first kappa shape index (κ1) is 13.2. The van der Waals surface area contributed by atoms with Crippen LogP contribution >= 0.6 is 0 Å². The fourth-order valence-electron chi connectivity index (χ4n) is 1.21. The Hall–Kier alpha value is -1.88. The van der Waals surface area contributed by atoms with Gasteiger partial charge in [-0.3, -0.25) is 9.59 Å². The summed E-state index contributed by atoms with van der Waals surface area (Å²) in [4.78, 5) is 21.5. The van der Waals surface area contributed by atoms with Crippen LogP contribution < -0.4 is 10.5 Å². The molecule has 0 saturated carbocycles. The predicted molar refractivity (Wildman–Crippen MR) is 62.2 cm³/mol. The predicted octanol–water partition coefficient (Wildman–Crippen LogP) is 1.07. The zero-order chi connectivity index (χ0) is 12.8. The zero-order valence-corrected chi connectivity index (χ0v) is 9.55. The van der Waals surface area contributed by atoms with Crippen molar-refractivity contribution in [3.63, 3.8) is 0 Å². The van der Waals surface area contributed by atoms with Crippen LogP contribution in [0.3, 0.4) is 0 Å². The maximum Gasteiger partial charge on any atom is 0.320 e. The molecular weight excluding hydrogens is 222 g/mol. The molecule has 0 bridgehead atoms. The highest BCUT2D eigenvalue weighted by atomic mass is 16.5. The molecule has 0 amide bonds. The summed E-state index contributed by atoms with van der Waals surface area (Å²) in [6.45, 7) is 1.72. The highest BCUT2D eigenvalue weighted by Gasteiger charge is 2.10. The lowest BCUT2D eigenvalue weighted by Gasteiger charge is -2.08. The molecule has 92 valence electrons. The molecule has 0 fully saturated rings. The minimum Gasteiger partial charge on any atom is -0.494 e. The molecule has 5 nitrogen and oxygen atoms in total. The van der Waals surface area contributed by atoms with E-state index in [1.54, 1.807) is 24.3 Å². The van der Waals surface area contributed by atoms with Crippen molar-refractivity contribution in [3.05, 3.63) is 29.8 Å². The normalized spacial score (nSPS) is 11.9. The Labute approximate surface area is 99.2 Å². The summed E-state index contributed by atoms with van der Waals surface area (Å²) >= 11 is 0. The molecule has 1 atom stereocenters. The van der Waals surface area contributed by atoms with Crippen LogP contribution in [0.15, 0.2) is 24.3 Å². The van der Waals surface area contributed by atoms with Gasteiger partial charge in [-0.1, -0.05) is 0 Å². The van der Waals surface area contributed by atoms with Crippen LogP contribution in [0.25, 0.3) is 0 Å². The van der Waals surface area contributed by atoms with Crippen LogP contribution in [0, 0.1) is 0 Å². The molecule has 1 rings (SSSR count). The molecule has 0 aliphatic rings. The third kappa shape index (κ3) is 4.24. The molecule has 1 aromatic rings. The first-order valence-corrected chi connectivity index (χ1v) is 5.23. The number of carboxylic acid groups (broad SMARTS) is 1. The summed E-state index contributed by atoms with van der Waals surface area (Å²) in [7, 11) is 0. The lowest BCUT2D eigenvalue weighted by Crippen LogP contribution is -2.31. The summed E-state index contributed by atoms with van der Waals surface area (Å²) in [6.07, 6.45) is 0.240. The summed E-state index contributed by atoms with van der Waals surface area (Å²) < 4.78 is 5.31. The second-order valence-corrected chi connectivity index (χ2v) is 3.66. The molecule has 3 N–H and O–H groups in total. The van der Waals surface area contributed by atoms with Gasteiger partial charge in [0.2, 0.25) is 0 Å².